The van der Waals surface area contributed by atoms with Crippen molar-refractivity contribution in [1.82, 2.24) is 4.90 Å². The molecule has 1 heterocycles. The lowest BCUT2D eigenvalue weighted by atomic mass is 9.94. The third-order valence-electron chi connectivity index (χ3n) is 4.99. The van der Waals surface area contributed by atoms with Crippen molar-refractivity contribution in [2.24, 2.45) is 5.92 Å². The molecule has 2 aliphatic rings. The molecule has 1 aromatic rings. The Kier molecular flexibility index (Phi) is 5.47. The van der Waals surface area contributed by atoms with Crippen LogP contribution in [-0.4, -0.2) is 49.0 Å². The first-order valence-corrected chi connectivity index (χ1v) is 8.34. The summed E-state index contributed by atoms with van der Waals surface area (Å²) in [6.45, 7) is 4.06. The van der Waals surface area contributed by atoms with Crippen LogP contribution in [0.2, 0.25) is 0 Å². The van der Waals surface area contributed by atoms with Crippen LogP contribution in [-0.2, 0) is 22.6 Å². The molecule has 122 valence electrons. The zero-order valence-electron chi connectivity index (χ0n) is 13.4. The molecule has 4 heteroatoms. The van der Waals surface area contributed by atoms with Crippen molar-refractivity contribution >= 4 is 0 Å². The van der Waals surface area contributed by atoms with E-state index in [4.69, 9.17) is 9.47 Å². The van der Waals surface area contributed by atoms with Crippen LogP contribution in [0.25, 0.3) is 0 Å². The minimum atomic E-state index is -0.158. The normalized spacial score (nSPS) is 29.8. The number of morpholine rings is 1. The predicted octanol–water partition coefficient (Wildman–Crippen LogP) is 2.19. The molecule has 22 heavy (non-hydrogen) atoms. The average molecular weight is 305 g/mol. The summed E-state index contributed by atoms with van der Waals surface area (Å²) in [5.74, 6) is 0.363. The van der Waals surface area contributed by atoms with Crippen molar-refractivity contribution in [1.29, 1.82) is 0 Å². The highest BCUT2D eigenvalue weighted by Crippen LogP contribution is 2.32. The topological polar surface area (TPSA) is 41.9 Å². The number of hydrogen-bond donors (Lipinski definition) is 1. The summed E-state index contributed by atoms with van der Waals surface area (Å²) in [4.78, 5) is 2.49. The molecule has 0 radical (unpaired) electrons. The van der Waals surface area contributed by atoms with Gasteiger partial charge in [0.15, 0.2) is 0 Å². The Morgan fingerprint density at radius 2 is 2.18 bits per heavy atom. The van der Waals surface area contributed by atoms with Crippen LogP contribution < -0.4 is 0 Å². The molecule has 1 saturated heterocycles. The highest BCUT2D eigenvalue weighted by Gasteiger charge is 2.37. The standard InChI is InChI=1S/C18H27NO3/c1-21-12-15-5-2-4-14(10-15)11-19-8-9-22-13-17(19)16-6-3-7-18(16)20/h2,4-5,10,16-18,20H,3,6-9,11-13H2,1H3/t16-,17+,18-/m0/s1. The smallest absolute Gasteiger partial charge is 0.0713 e. The summed E-state index contributed by atoms with van der Waals surface area (Å²) in [6.07, 6.45) is 3.04. The van der Waals surface area contributed by atoms with Crippen LogP contribution in [0.4, 0.5) is 0 Å². The fourth-order valence-electron chi connectivity index (χ4n) is 3.88. The Hall–Kier alpha value is -0.940. The van der Waals surface area contributed by atoms with Crippen molar-refractivity contribution < 1.29 is 14.6 Å². The van der Waals surface area contributed by atoms with Gasteiger partial charge in [-0.3, -0.25) is 4.90 Å². The third kappa shape index (κ3) is 3.69. The van der Waals surface area contributed by atoms with E-state index >= 15 is 0 Å². The van der Waals surface area contributed by atoms with E-state index in [-0.39, 0.29) is 6.10 Å². The second-order valence-corrected chi connectivity index (χ2v) is 6.53. The van der Waals surface area contributed by atoms with E-state index in [0.29, 0.717) is 18.6 Å². The van der Waals surface area contributed by atoms with Crippen LogP contribution in [0.1, 0.15) is 30.4 Å². The van der Waals surface area contributed by atoms with Gasteiger partial charge in [0, 0.05) is 32.2 Å². The van der Waals surface area contributed by atoms with E-state index in [0.717, 1.165) is 45.6 Å². The Morgan fingerprint density at radius 3 is 2.95 bits per heavy atom. The van der Waals surface area contributed by atoms with Gasteiger partial charge in [-0.15, -0.1) is 0 Å². The number of rotatable bonds is 5. The molecule has 1 aliphatic carbocycles. The summed E-state index contributed by atoms with van der Waals surface area (Å²) >= 11 is 0. The summed E-state index contributed by atoms with van der Waals surface area (Å²) < 4.78 is 10.9. The molecule has 3 rings (SSSR count). The zero-order chi connectivity index (χ0) is 15.4. The van der Waals surface area contributed by atoms with Crippen molar-refractivity contribution in [3.05, 3.63) is 35.4 Å². The van der Waals surface area contributed by atoms with Crippen LogP contribution in [0, 0.1) is 5.92 Å². The molecule has 1 aliphatic heterocycles. The molecule has 0 bridgehead atoms. The number of ether oxygens (including phenoxy) is 2. The van der Waals surface area contributed by atoms with E-state index in [1.807, 2.05) is 0 Å². The molecule has 0 amide bonds. The Bertz CT molecular complexity index is 479. The van der Waals surface area contributed by atoms with Crippen molar-refractivity contribution in [2.75, 3.05) is 26.9 Å². The first kappa shape index (κ1) is 15.9. The number of methoxy groups -OCH3 is 1. The number of hydrogen-bond acceptors (Lipinski definition) is 4. The second-order valence-electron chi connectivity index (χ2n) is 6.53. The SMILES string of the molecule is COCc1cccc(CN2CCOC[C@@H]2[C@@H]2CCC[C@@H]2O)c1. The Balaban J connectivity index is 1.69. The maximum atomic E-state index is 10.2. The van der Waals surface area contributed by atoms with Gasteiger partial charge in [0.2, 0.25) is 0 Å². The largest absolute Gasteiger partial charge is 0.393 e. The average Bonchev–Trinajstić information content (AvgIpc) is 2.95. The molecule has 0 unspecified atom stereocenters. The Labute approximate surface area is 133 Å². The highest BCUT2D eigenvalue weighted by molar-refractivity contribution is 5.23. The molecule has 1 aromatic carbocycles. The van der Waals surface area contributed by atoms with Gasteiger partial charge >= 0.3 is 0 Å². The van der Waals surface area contributed by atoms with Crippen LogP contribution in [0.5, 0.6) is 0 Å². The number of aliphatic hydroxyl groups excluding tert-OH is 1. The zero-order valence-corrected chi connectivity index (χ0v) is 13.4. The molecule has 2 fully saturated rings. The summed E-state index contributed by atoms with van der Waals surface area (Å²) in [6, 6.07) is 8.95. The van der Waals surface area contributed by atoms with Gasteiger partial charge in [0.25, 0.3) is 0 Å². The summed E-state index contributed by atoms with van der Waals surface area (Å²) in [7, 11) is 1.73. The van der Waals surface area contributed by atoms with Gasteiger partial charge in [-0.25, -0.2) is 0 Å². The number of nitrogens with zero attached hydrogens (tertiary/aromatic N) is 1. The molecule has 4 nitrogen and oxygen atoms in total. The van der Waals surface area contributed by atoms with Gasteiger partial charge < -0.3 is 14.6 Å². The fraction of sp³-hybridized carbons (Fsp3) is 0.667. The first-order chi connectivity index (χ1) is 10.8. The highest BCUT2D eigenvalue weighted by atomic mass is 16.5. The van der Waals surface area contributed by atoms with Crippen LogP contribution in [0.15, 0.2) is 24.3 Å². The monoisotopic (exact) mass is 305 g/mol. The molecule has 0 aromatic heterocycles. The van der Waals surface area contributed by atoms with Gasteiger partial charge in [0.05, 0.1) is 25.9 Å². The number of benzene rings is 1. The van der Waals surface area contributed by atoms with E-state index < -0.39 is 0 Å². The lowest BCUT2D eigenvalue weighted by Gasteiger charge is -2.40. The quantitative estimate of drug-likeness (QED) is 0.905. The van der Waals surface area contributed by atoms with Crippen LogP contribution in [0.3, 0.4) is 0 Å². The Morgan fingerprint density at radius 1 is 1.32 bits per heavy atom. The van der Waals surface area contributed by atoms with Crippen molar-refractivity contribution in [3.8, 4) is 0 Å². The van der Waals surface area contributed by atoms with Crippen molar-refractivity contribution in [3.63, 3.8) is 0 Å². The van der Waals surface area contributed by atoms with Gasteiger partial charge in [-0.1, -0.05) is 30.7 Å². The summed E-state index contributed by atoms with van der Waals surface area (Å²) in [5.41, 5.74) is 2.53. The predicted molar refractivity (Wildman–Crippen MR) is 85.5 cm³/mol. The maximum absolute atomic E-state index is 10.2. The molecule has 1 saturated carbocycles. The molecular formula is C18H27NO3. The molecule has 0 spiro atoms. The van der Waals surface area contributed by atoms with Crippen LogP contribution >= 0.6 is 0 Å². The van der Waals surface area contributed by atoms with Gasteiger partial charge in [-0.05, 0) is 24.0 Å². The lowest BCUT2D eigenvalue weighted by molar-refractivity contribution is -0.0536. The lowest BCUT2D eigenvalue weighted by Crippen LogP contribution is -2.50. The van der Waals surface area contributed by atoms with E-state index in [1.54, 1.807) is 7.11 Å². The first-order valence-electron chi connectivity index (χ1n) is 8.34. The van der Waals surface area contributed by atoms with Gasteiger partial charge in [-0.2, -0.15) is 0 Å². The minimum absolute atomic E-state index is 0.158. The fourth-order valence-corrected chi connectivity index (χ4v) is 3.88. The minimum Gasteiger partial charge on any atom is -0.393 e. The molecular weight excluding hydrogens is 278 g/mol. The maximum Gasteiger partial charge on any atom is 0.0713 e. The van der Waals surface area contributed by atoms with E-state index in [9.17, 15) is 5.11 Å². The summed E-state index contributed by atoms with van der Waals surface area (Å²) in [5, 5.41) is 10.2. The molecule has 1 N–H and O–H groups in total. The van der Waals surface area contributed by atoms with Gasteiger partial charge in [0.1, 0.15) is 0 Å². The van der Waals surface area contributed by atoms with Crippen molar-refractivity contribution in [2.45, 2.75) is 44.6 Å². The van der Waals surface area contributed by atoms with E-state index in [1.165, 1.54) is 11.1 Å². The number of aliphatic hydroxyl groups is 1. The van der Waals surface area contributed by atoms with E-state index in [2.05, 4.69) is 29.2 Å². The third-order valence-corrected chi connectivity index (χ3v) is 4.99. The second kappa shape index (κ2) is 7.55. The molecule has 3 atom stereocenters.